The van der Waals surface area contributed by atoms with E-state index in [-0.39, 0.29) is 5.54 Å². The lowest BCUT2D eigenvalue weighted by atomic mass is 9.96. The molecule has 2 aliphatic heterocycles. The van der Waals surface area contributed by atoms with Crippen molar-refractivity contribution in [3.8, 4) is 0 Å². The average Bonchev–Trinajstić information content (AvgIpc) is 2.97. The van der Waals surface area contributed by atoms with Gasteiger partial charge < -0.3 is 10.4 Å². The summed E-state index contributed by atoms with van der Waals surface area (Å²) >= 11 is 0. The lowest BCUT2D eigenvalue weighted by Crippen LogP contribution is -2.57. The number of piperazine rings is 1. The maximum absolute atomic E-state index is 9.86. The summed E-state index contributed by atoms with van der Waals surface area (Å²) in [5.41, 5.74) is 0.00434. The first kappa shape index (κ1) is 15.7. The normalized spacial score (nSPS) is 38.6. The number of hydrogen-bond acceptors (Lipinski definition) is 4. The van der Waals surface area contributed by atoms with E-state index in [1.165, 1.54) is 51.9 Å². The molecule has 4 heteroatoms. The van der Waals surface area contributed by atoms with Crippen molar-refractivity contribution >= 4 is 0 Å². The minimum Gasteiger partial charge on any atom is -0.394 e. The summed E-state index contributed by atoms with van der Waals surface area (Å²) < 4.78 is 0. The lowest BCUT2D eigenvalue weighted by molar-refractivity contribution is 0.0255. The monoisotopic (exact) mass is 295 g/mol. The number of nitrogens with one attached hydrogen (secondary N) is 1. The zero-order chi connectivity index (χ0) is 14.7. The summed E-state index contributed by atoms with van der Waals surface area (Å²) in [6.07, 6.45) is 8.88. The zero-order valence-corrected chi connectivity index (χ0v) is 13.7. The molecule has 122 valence electrons. The van der Waals surface area contributed by atoms with Crippen LogP contribution in [0.1, 0.15) is 51.9 Å². The van der Waals surface area contributed by atoms with Crippen molar-refractivity contribution in [2.45, 2.75) is 69.5 Å². The van der Waals surface area contributed by atoms with Gasteiger partial charge >= 0.3 is 0 Å². The molecule has 3 aliphatic rings. The van der Waals surface area contributed by atoms with Gasteiger partial charge in [0.2, 0.25) is 0 Å². The van der Waals surface area contributed by atoms with E-state index in [9.17, 15) is 5.11 Å². The molecule has 0 aromatic carbocycles. The van der Waals surface area contributed by atoms with Crippen LogP contribution in [-0.2, 0) is 0 Å². The number of aliphatic hydroxyl groups is 1. The molecule has 21 heavy (non-hydrogen) atoms. The van der Waals surface area contributed by atoms with Crippen LogP contribution in [-0.4, -0.2) is 71.9 Å². The van der Waals surface area contributed by atoms with Crippen molar-refractivity contribution in [3.05, 3.63) is 0 Å². The number of piperidine rings is 1. The largest absolute Gasteiger partial charge is 0.394 e. The molecule has 3 fully saturated rings. The van der Waals surface area contributed by atoms with E-state index in [2.05, 4.69) is 22.0 Å². The van der Waals surface area contributed by atoms with Crippen molar-refractivity contribution in [3.63, 3.8) is 0 Å². The number of fused-ring (bicyclic) bond motifs is 1. The van der Waals surface area contributed by atoms with Gasteiger partial charge in [-0.05, 0) is 51.6 Å². The summed E-state index contributed by atoms with van der Waals surface area (Å²) in [7, 11) is 0. The standard InChI is InChI=1S/C17H33N3O/c1-2-8-18-17(14-21)7-6-15(12-17)20-11-10-19-9-4-3-5-16(19)13-20/h15-16,18,21H,2-14H2,1H3. The third-order valence-corrected chi connectivity index (χ3v) is 6.02. The molecule has 0 spiro atoms. The fourth-order valence-corrected chi connectivity index (χ4v) is 4.67. The quantitative estimate of drug-likeness (QED) is 0.805. The van der Waals surface area contributed by atoms with E-state index in [0.717, 1.165) is 31.8 Å². The summed E-state index contributed by atoms with van der Waals surface area (Å²) in [6, 6.07) is 1.49. The van der Waals surface area contributed by atoms with Crippen LogP contribution in [0.25, 0.3) is 0 Å². The molecule has 0 radical (unpaired) electrons. The van der Waals surface area contributed by atoms with Gasteiger partial charge in [0.15, 0.2) is 0 Å². The lowest BCUT2D eigenvalue weighted by Gasteiger charge is -2.46. The van der Waals surface area contributed by atoms with E-state index in [1.807, 2.05) is 0 Å². The highest BCUT2D eigenvalue weighted by Crippen LogP contribution is 2.34. The highest BCUT2D eigenvalue weighted by Gasteiger charge is 2.42. The molecule has 2 saturated heterocycles. The summed E-state index contributed by atoms with van der Waals surface area (Å²) in [4.78, 5) is 5.45. The maximum atomic E-state index is 9.86. The van der Waals surface area contributed by atoms with Crippen LogP contribution in [0.5, 0.6) is 0 Å². The topological polar surface area (TPSA) is 38.7 Å². The zero-order valence-electron chi connectivity index (χ0n) is 13.7. The molecule has 3 unspecified atom stereocenters. The van der Waals surface area contributed by atoms with Gasteiger partial charge in [-0.2, -0.15) is 0 Å². The Balaban J connectivity index is 1.55. The molecule has 4 nitrogen and oxygen atoms in total. The number of nitrogens with zero attached hydrogens (tertiary/aromatic N) is 2. The molecule has 2 N–H and O–H groups in total. The number of aliphatic hydroxyl groups excluding tert-OH is 1. The molecule has 0 amide bonds. The molecule has 3 rings (SSSR count). The van der Waals surface area contributed by atoms with Crippen LogP contribution in [0.15, 0.2) is 0 Å². The predicted molar refractivity (Wildman–Crippen MR) is 86.5 cm³/mol. The third-order valence-electron chi connectivity index (χ3n) is 6.02. The van der Waals surface area contributed by atoms with Crippen LogP contribution in [0.4, 0.5) is 0 Å². The fourth-order valence-electron chi connectivity index (χ4n) is 4.67. The van der Waals surface area contributed by atoms with Crippen molar-refractivity contribution in [1.82, 2.24) is 15.1 Å². The van der Waals surface area contributed by atoms with Crippen LogP contribution in [0, 0.1) is 0 Å². The highest BCUT2D eigenvalue weighted by atomic mass is 16.3. The van der Waals surface area contributed by atoms with Gasteiger partial charge in [-0.1, -0.05) is 13.3 Å². The molecule has 2 heterocycles. The number of rotatable bonds is 5. The van der Waals surface area contributed by atoms with E-state index >= 15 is 0 Å². The number of hydrogen-bond donors (Lipinski definition) is 2. The van der Waals surface area contributed by atoms with Gasteiger partial charge in [-0.15, -0.1) is 0 Å². The molecule has 0 aromatic heterocycles. The predicted octanol–water partition coefficient (Wildman–Crippen LogP) is 1.44. The van der Waals surface area contributed by atoms with E-state index in [4.69, 9.17) is 0 Å². The Bertz CT molecular complexity index is 338. The Labute approximate surface area is 129 Å². The highest BCUT2D eigenvalue weighted by molar-refractivity contribution is 5.01. The average molecular weight is 295 g/mol. The minimum absolute atomic E-state index is 0.00434. The van der Waals surface area contributed by atoms with Crippen molar-refractivity contribution in [2.24, 2.45) is 0 Å². The van der Waals surface area contributed by atoms with Crippen LogP contribution < -0.4 is 5.32 Å². The van der Waals surface area contributed by atoms with Gasteiger partial charge in [0.1, 0.15) is 0 Å². The maximum Gasteiger partial charge on any atom is 0.0613 e. The Morgan fingerprint density at radius 2 is 1.95 bits per heavy atom. The van der Waals surface area contributed by atoms with Gasteiger partial charge in [0.05, 0.1) is 6.61 Å². The summed E-state index contributed by atoms with van der Waals surface area (Å²) in [6.45, 7) is 8.61. The Hall–Kier alpha value is -0.160. The molecular weight excluding hydrogens is 262 g/mol. The SMILES string of the molecule is CCCNC1(CO)CCC(N2CCN3CCCCC3C2)C1. The second-order valence-corrected chi connectivity index (χ2v) is 7.44. The third kappa shape index (κ3) is 3.44. The molecule has 3 atom stereocenters. The minimum atomic E-state index is 0.00434. The van der Waals surface area contributed by atoms with E-state index < -0.39 is 0 Å². The van der Waals surface area contributed by atoms with Crippen LogP contribution in [0.2, 0.25) is 0 Å². The Morgan fingerprint density at radius 1 is 1.10 bits per heavy atom. The second-order valence-electron chi connectivity index (χ2n) is 7.44. The van der Waals surface area contributed by atoms with Gasteiger partial charge in [-0.25, -0.2) is 0 Å². The second kappa shape index (κ2) is 6.95. The van der Waals surface area contributed by atoms with Crippen LogP contribution >= 0.6 is 0 Å². The fraction of sp³-hybridized carbons (Fsp3) is 1.00. The van der Waals surface area contributed by atoms with Crippen LogP contribution in [0.3, 0.4) is 0 Å². The summed E-state index contributed by atoms with van der Waals surface area (Å²) in [5.74, 6) is 0. The summed E-state index contributed by atoms with van der Waals surface area (Å²) in [5, 5.41) is 13.5. The first-order valence-electron chi connectivity index (χ1n) is 9.10. The van der Waals surface area contributed by atoms with Gasteiger partial charge in [-0.3, -0.25) is 9.80 Å². The van der Waals surface area contributed by atoms with Gasteiger partial charge in [0.25, 0.3) is 0 Å². The molecular formula is C17H33N3O. The van der Waals surface area contributed by atoms with Crippen molar-refractivity contribution in [1.29, 1.82) is 0 Å². The van der Waals surface area contributed by atoms with E-state index in [1.54, 1.807) is 0 Å². The van der Waals surface area contributed by atoms with Gasteiger partial charge in [0, 0.05) is 37.3 Å². The molecule has 0 bridgehead atoms. The molecule has 0 aromatic rings. The smallest absolute Gasteiger partial charge is 0.0613 e. The van der Waals surface area contributed by atoms with E-state index in [0.29, 0.717) is 12.6 Å². The van der Waals surface area contributed by atoms with Crippen molar-refractivity contribution < 1.29 is 5.11 Å². The molecule has 1 saturated carbocycles. The molecule has 1 aliphatic carbocycles. The first-order valence-corrected chi connectivity index (χ1v) is 9.10. The Kier molecular flexibility index (Phi) is 5.20. The Morgan fingerprint density at radius 3 is 2.76 bits per heavy atom. The first-order chi connectivity index (χ1) is 10.3. The van der Waals surface area contributed by atoms with Crippen molar-refractivity contribution in [2.75, 3.05) is 39.3 Å².